The second kappa shape index (κ2) is 4.34. The largest absolute Gasteiger partial charge is 0.348 e. The molecule has 3 aliphatic rings. The molecule has 0 N–H and O–H groups in total. The summed E-state index contributed by atoms with van der Waals surface area (Å²) < 4.78 is 28.3. The van der Waals surface area contributed by atoms with Crippen molar-refractivity contribution in [1.29, 1.82) is 0 Å². The summed E-state index contributed by atoms with van der Waals surface area (Å²) in [6, 6.07) is 0. The first kappa shape index (κ1) is 14.6. The van der Waals surface area contributed by atoms with Gasteiger partial charge in [0.25, 0.3) is 0 Å². The van der Waals surface area contributed by atoms with Gasteiger partial charge in [-0.05, 0) is 32.9 Å². The Labute approximate surface area is 121 Å². The third-order valence-corrected chi connectivity index (χ3v) is 4.00. The Kier molecular flexibility index (Phi) is 3.18. The lowest BCUT2D eigenvalue weighted by Crippen LogP contribution is -2.40. The lowest BCUT2D eigenvalue weighted by Gasteiger charge is -2.27. The summed E-state index contributed by atoms with van der Waals surface area (Å²) in [5.74, 6) is -1.55. The van der Waals surface area contributed by atoms with Gasteiger partial charge in [0, 0.05) is 0 Å². The van der Waals surface area contributed by atoms with Crippen molar-refractivity contribution >= 4 is 11.6 Å². The number of halogens is 1. The molecule has 3 aliphatic heterocycles. The van der Waals surface area contributed by atoms with Gasteiger partial charge in [0.1, 0.15) is 18.3 Å². The fraction of sp³-hybridized carbons (Fsp3) is 1.00. The first-order valence-corrected chi connectivity index (χ1v) is 6.92. The van der Waals surface area contributed by atoms with Gasteiger partial charge in [-0.15, -0.1) is 4.91 Å². The van der Waals surface area contributed by atoms with E-state index in [1.165, 1.54) is 0 Å². The zero-order valence-corrected chi connectivity index (χ0v) is 12.5. The number of hydrogen-bond donors (Lipinski definition) is 0. The summed E-state index contributed by atoms with van der Waals surface area (Å²) in [6.07, 6.45) is -2.26. The number of hydrogen-bond acceptors (Lipinski definition) is 7. The van der Waals surface area contributed by atoms with Crippen molar-refractivity contribution in [2.45, 2.75) is 68.9 Å². The molecule has 0 radical (unpaired) electrons. The molecule has 3 saturated heterocycles. The van der Waals surface area contributed by atoms with E-state index in [9.17, 15) is 4.91 Å². The summed E-state index contributed by atoms with van der Waals surface area (Å²) in [6.45, 7) is 7.44. The molecule has 0 amide bonds. The Morgan fingerprint density at radius 2 is 1.70 bits per heavy atom. The van der Waals surface area contributed by atoms with Crippen molar-refractivity contribution < 1.29 is 23.7 Å². The molecule has 0 aliphatic carbocycles. The Bertz CT molecular complexity index is 430. The first-order chi connectivity index (χ1) is 9.16. The summed E-state index contributed by atoms with van der Waals surface area (Å²) in [5.41, 5.74) is 0. The lowest BCUT2D eigenvalue weighted by molar-refractivity contribution is -0.211. The van der Waals surface area contributed by atoms with Gasteiger partial charge in [-0.25, -0.2) is 0 Å². The van der Waals surface area contributed by atoms with Gasteiger partial charge in [-0.3, -0.25) is 0 Å². The summed E-state index contributed by atoms with van der Waals surface area (Å²) in [5, 5.41) is 1.09. The van der Waals surface area contributed by atoms with Gasteiger partial charge in [0.05, 0.1) is 6.61 Å². The van der Waals surface area contributed by atoms with Crippen LogP contribution in [0.1, 0.15) is 27.7 Å². The van der Waals surface area contributed by atoms with Gasteiger partial charge in [0.15, 0.2) is 17.7 Å². The molecule has 0 aromatic heterocycles. The van der Waals surface area contributed by atoms with E-state index in [1.807, 2.05) is 0 Å². The Morgan fingerprint density at radius 3 is 2.25 bits per heavy atom. The maximum absolute atomic E-state index is 11.1. The molecule has 3 fully saturated rings. The van der Waals surface area contributed by atoms with Crippen molar-refractivity contribution in [3.8, 4) is 0 Å². The first-order valence-electron chi connectivity index (χ1n) is 6.54. The quantitative estimate of drug-likeness (QED) is 0.439. The number of fused-ring (bicyclic) bond motifs is 1. The van der Waals surface area contributed by atoms with Gasteiger partial charge in [0.2, 0.25) is 0 Å². The summed E-state index contributed by atoms with van der Waals surface area (Å²) in [7, 11) is 0. The van der Waals surface area contributed by atoms with Crippen LogP contribution in [0.4, 0.5) is 0 Å². The van der Waals surface area contributed by atoms with Crippen molar-refractivity contribution in [3.63, 3.8) is 0 Å². The van der Waals surface area contributed by atoms with Crippen molar-refractivity contribution in [1.82, 2.24) is 0 Å². The average molecular weight is 308 g/mol. The molecule has 3 heterocycles. The molecule has 0 aromatic carbocycles. The van der Waals surface area contributed by atoms with Crippen LogP contribution >= 0.6 is 11.6 Å². The van der Waals surface area contributed by atoms with E-state index >= 15 is 0 Å². The molecule has 0 bridgehead atoms. The van der Waals surface area contributed by atoms with Gasteiger partial charge >= 0.3 is 5.18 Å². The highest BCUT2D eigenvalue weighted by molar-refractivity contribution is 6.23. The maximum atomic E-state index is 11.1. The van der Waals surface area contributed by atoms with E-state index in [0.29, 0.717) is 6.61 Å². The van der Waals surface area contributed by atoms with Crippen LogP contribution in [0.5, 0.6) is 0 Å². The van der Waals surface area contributed by atoms with Crippen molar-refractivity contribution in [2.75, 3.05) is 6.61 Å². The van der Waals surface area contributed by atoms with Crippen LogP contribution in [-0.4, -0.2) is 47.8 Å². The van der Waals surface area contributed by atoms with Crippen molar-refractivity contribution in [3.05, 3.63) is 4.91 Å². The topological polar surface area (TPSA) is 75.6 Å². The second-order valence-corrected chi connectivity index (χ2v) is 6.71. The molecular formula is C12H18ClNO6. The zero-order chi connectivity index (χ0) is 14.8. The van der Waals surface area contributed by atoms with Gasteiger partial charge in [-0.1, -0.05) is 11.6 Å². The SMILES string of the molecule is CC1(C)OC[C@H]([C@H]2O[C@@](Cl)(N=O)[C@H]3OC(C)(C)O[C@@H]23)O1. The summed E-state index contributed by atoms with van der Waals surface area (Å²) in [4.78, 5) is 11.1. The fourth-order valence-electron chi connectivity index (χ4n) is 2.87. The van der Waals surface area contributed by atoms with E-state index in [0.717, 1.165) is 0 Å². The van der Waals surface area contributed by atoms with Crippen LogP contribution in [-0.2, 0) is 23.7 Å². The monoisotopic (exact) mass is 307 g/mol. The average Bonchev–Trinajstić information content (AvgIpc) is 2.92. The standard InChI is InChI=1S/C12H18ClNO6/c1-10(2)16-5-6(17-10)7-8-9(12(13,14-15)19-7)20-11(3,4)18-8/h6-9H,5H2,1-4H3/t6-,7-,8+,9+,12+/m1/s1. The third-order valence-electron chi connectivity index (χ3n) is 3.63. The molecule has 0 saturated carbocycles. The molecule has 0 unspecified atom stereocenters. The minimum atomic E-state index is -1.79. The molecule has 0 spiro atoms. The number of ether oxygens (including phenoxy) is 5. The van der Waals surface area contributed by atoms with Crippen LogP contribution in [0.3, 0.4) is 0 Å². The van der Waals surface area contributed by atoms with E-state index in [2.05, 4.69) is 5.18 Å². The lowest BCUT2D eigenvalue weighted by atomic mass is 10.1. The number of alkyl halides is 1. The minimum absolute atomic E-state index is 0.330. The Hall–Kier alpha value is -0.310. The summed E-state index contributed by atoms with van der Waals surface area (Å²) >= 11 is 6.12. The van der Waals surface area contributed by atoms with E-state index < -0.39 is 41.2 Å². The highest BCUT2D eigenvalue weighted by Gasteiger charge is 2.66. The van der Waals surface area contributed by atoms with E-state index in [-0.39, 0.29) is 0 Å². The number of nitroso groups, excluding NO2 is 1. The predicted octanol–water partition coefficient (Wildman–Crippen LogP) is 1.72. The van der Waals surface area contributed by atoms with Gasteiger partial charge in [-0.2, -0.15) is 0 Å². The molecule has 0 aromatic rings. The third kappa shape index (κ3) is 2.26. The second-order valence-electron chi connectivity index (χ2n) is 6.17. The minimum Gasteiger partial charge on any atom is -0.348 e. The molecule has 7 nitrogen and oxygen atoms in total. The Balaban J connectivity index is 1.84. The molecule has 8 heteroatoms. The number of rotatable bonds is 2. The Morgan fingerprint density at radius 1 is 1.00 bits per heavy atom. The smallest absolute Gasteiger partial charge is 0.306 e. The highest BCUT2D eigenvalue weighted by atomic mass is 35.5. The molecule has 5 atom stereocenters. The zero-order valence-electron chi connectivity index (χ0n) is 11.8. The van der Waals surface area contributed by atoms with E-state index in [4.69, 9.17) is 35.3 Å². The molecular weight excluding hydrogens is 290 g/mol. The van der Waals surface area contributed by atoms with Crippen LogP contribution < -0.4 is 0 Å². The van der Waals surface area contributed by atoms with Crippen LogP contribution in [0, 0.1) is 4.91 Å². The van der Waals surface area contributed by atoms with Crippen LogP contribution in [0.25, 0.3) is 0 Å². The molecule has 3 rings (SSSR count). The number of nitrogens with zero attached hydrogens (tertiary/aromatic N) is 1. The maximum Gasteiger partial charge on any atom is 0.306 e. The fourth-order valence-corrected chi connectivity index (χ4v) is 3.14. The molecule has 20 heavy (non-hydrogen) atoms. The normalized spacial score (nSPS) is 49.2. The van der Waals surface area contributed by atoms with Crippen LogP contribution in [0.2, 0.25) is 0 Å². The van der Waals surface area contributed by atoms with Gasteiger partial charge < -0.3 is 23.7 Å². The molecule has 114 valence electrons. The predicted molar refractivity (Wildman–Crippen MR) is 68.0 cm³/mol. The van der Waals surface area contributed by atoms with Crippen LogP contribution in [0.15, 0.2) is 5.18 Å². The van der Waals surface area contributed by atoms with Crippen molar-refractivity contribution in [2.24, 2.45) is 5.18 Å². The van der Waals surface area contributed by atoms with E-state index in [1.54, 1.807) is 27.7 Å². The highest BCUT2D eigenvalue weighted by Crippen LogP contribution is 2.48.